The van der Waals surface area contributed by atoms with Gasteiger partial charge in [-0.25, -0.2) is 0 Å². The minimum absolute atomic E-state index is 0.0119. The van der Waals surface area contributed by atoms with Gasteiger partial charge in [0.15, 0.2) is 5.84 Å². The number of rotatable bonds is 5. The molecule has 4 rings (SSSR count). The molecular formula is C25H37N5O4. The number of nitrogens with zero attached hydrogens (tertiary/aromatic N) is 2. The Hall–Kier alpha value is -2.65. The SMILES string of the molecule is CC(C)c1cc(C(=N)N(C(=N)C(=O)NC2CC2)C2CCC(N3CCOCC3)CC2)c(O)cc1O. The summed E-state index contributed by atoms with van der Waals surface area (Å²) in [6, 6.07) is 3.23. The molecule has 3 fully saturated rings. The highest BCUT2D eigenvalue weighted by Gasteiger charge is 2.36. The average Bonchev–Trinajstić information content (AvgIpc) is 3.64. The maximum Gasteiger partial charge on any atom is 0.286 e. The van der Waals surface area contributed by atoms with E-state index in [4.69, 9.17) is 15.6 Å². The summed E-state index contributed by atoms with van der Waals surface area (Å²) in [6.45, 7) is 7.20. The van der Waals surface area contributed by atoms with Crippen LogP contribution in [0.2, 0.25) is 0 Å². The fourth-order valence-corrected chi connectivity index (χ4v) is 5.07. The molecule has 2 saturated carbocycles. The predicted octanol–water partition coefficient (Wildman–Crippen LogP) is 2.75. The van der Waals surface area contributed by atoms with Crippen molar-refractivity contribution >= 4 is 17.6 Å². The zero-order valence-corrected chi connectivity index (χ0v) is 20.1. The summed E-state index contributed by atoms with van der Waals surface area (Å²) in [5, 5.41) is 41.4. The lowest BCUT2D eigenvalue weighted by atomic mass is 9.88. The predicted molar refractivity (Wildman–Crippen MR) is 130 cm³/mol. The zero-order valence-electron chi connectivity index (χ0n) is 20.1. The van der Waals surface area contributed by atoms with E-state index >= 15 is 0 Å². The van der Waals surface area contributed by atoms with Gasteiger partial charge in [-0.15, -0.1) is 0 Å². The van der Waals surface area contributed by atoms with Crippen molar-refractivity contribution in [3.63, 3.8) is 0 Å². The highest BCUT2D eigenvalue weighted by atomic mass is 16.5. The molecule has 0 unspecified atom stereocenters. The Bertz CT molecular complexity index is 931. The number of phenols is 2. The Balaban J connectivity index is 1.57. The van der Waals surface area contributed by atoms with Crippen molar-refractivity contribution in [2.75, 3.05) is 26.3 Å². The van der Waals surface area contributed by atoms with Gasteiger partial charge in [0.25, 0.3) is 5.91 Å². The summed E-state index contributed by atoms with van der Waals surface area (Å²) in [7, 11) is 0. The first-order valence-corrected chi connectivity index (χ1v) is 12.4. The maximum absolute atomic E-state index is 12.8. The second-order valence-corrected chi connectivity index (χ2v) is 10.0. The summed E-state index contributed by atoms with van der Waals surface area (Å²) >= 11 is 0. The van der Waals surface area contributed by atoms with Crippen LogP contribution in [0, 0.1) is 10.8 Å². The lowest BCUT2D eigenvalue weighted by molar-refractivity contribution is -0.115. The van der Waals surface area contributed by atoms with Crippen LogP contribution in [0.15, 0.2) is 12.1 Å². The summed E-state index contributed by atoms with van der Waals surface area (Å²) in [6.07, 6.45) is 5.17. The van der Waals surface area contributed by atoms with Gasteiger partial charge in [0, 0.05) is 37.3 Å². The van der Waals surface area contributed by atoms with Gasteiger partial charge < -0.3 is 25.2 Å². The van der Waals surface area contributed by atoms with Crippen molar-refractivity contribution in [1.82, 2.24) is 15.1 Å². The van der Waals surface area contributed by atoms with Crippen molar-refractivity contribution in [3.8, 4) is 11.5 Å². The minimum atomic E-state index is -0.482. The molecule has 186 valence electrons. The number of nitrogens with one attached hydrogen (secondary N) is 3. The fourth-order valence-electron chi connectivity index (χ4n) is 5.07. The number of hydrogen-bond donors (Lipinski definition) is 5. The quantitative estimate of drug-likeness (QED) is 0.331. The van der Waals surface area contributed by atoms with Crippen LogP contribution in [0.4, 0.5) is 0 Å². The fraction of sp³-hybridized carbons (Fsp3) is 0.640. The molecule has 0 spiro atoms. The lowest BCUT2D eigenvalue weighted by Crippen LogP contribution is -2.53. The molecule has 1 aromatic rings. The highest BCUT2D eigenvalue weighted by molar-refractivity contribution is 6.40. The number of benzene rings is 1. The first-order chi connectivity index (χ1) is 16.3. The molecule has 2 aliphatic carbocycles. The molecule has 0 radical (unpaired) electrons. The van der Waals surface area contributed by atoms with Gasteiger partial charge in [-0.3, -0.25) is 20.5 Å². The summed E-state index contributed by atoms with van der Waals surface area (Å²) < 4.78 is 5.48. The zero-order chi connectivity index (χ0) is 24.4. The van der Waals surface area contributed by atoms with Gasteiger partial charge in [0.05, 0.1) is 18.8 Å². The summed E-state index contributed by atoms with van der Waals surface area (Å²) in [4.78, 5) is 16.8. The van der Waals surface area contributed by atoms with Crippen LogP contribution in [0.3, 0.4) is 0 Å². The molecule has 1 saturated heterocycles. The van der Waals surface area contributed by atoms with Crippen molar-refractivity contribution < 1.29 is 19.7 Å². The van der Waals surface area contributed by atoms with Crippen molar-refractivity contribution in [1.29, 1.82) is 10.8 Å². The first kappa shape index (κ1) is 24.5. The molecule has 3 aliphatic rings. The Morgan fingerprint density at radius 2 is 1.71 bits per heavy atom. The molecule has 1 aromatic carbocycles. The number of carbonyl (C=O) groups is 1. The molecule has 1 aliphatic heterocycles. The Morgan fingerprint density at radius 3 is 2.29 bits per heavy atom. The molecular weight excluding hydrogens is 434 g/mol. The number of phenolic OH excluding ortho intramolecular Hbond substituents is 2. The van der Waals surface area contributed by atoms with Crippen LogP contribution in [0.1, 0.15) is 69.4 Å². The third-order valence-corrected chi connectivity index (χ3v) is 7.23. The highest BCUT2D eigenvalue weighted by Crippen LogP contribution is 2.35. The number of ether oxygens (including phenoxy) is 1. The molecule has 5 N–H and O–H groups in total. The van der Waals surface area contributed by atoms with E-state index in [-0.39, 0.29) is 46.7 Å². The number of hydrogen-bond acceptors (Lipinski definition) is 7. The van der Waals surface area contributed by atoms with E-state index in [1.54, 1.807) is 6.07 Å². The second-order valence-electron chi connectivity index (χ2n) is 10.0. The van der Waals surface area contributed by atoms with Gasteiger partial charge in [0.1, 0.15) is 17.3 Å². The van der Waals surface area contributed by atoms with Gasteiger partial charge in [-0.1, -0.05) is 13.8 Å². The number of morpholine rings is 1. The lowest BCUT2D eigenvalue weighted by Gasteiger charge is -2.42. The number of carbonyl (C=O) groups excluding carboxylic acids is 1. The van der Waals surface area contributed by atoms with Crippen LogP contribution in [-0.2, 0) is 9.53 Å². The van der Waals surface area contributed by atoms with Crippen LogP contribution < -0.4 is 5.32 Å². The van der Waals surface area contributed by atoms with Crippen LogP contribution >= 0.6 is 0 Å². The van der Waals surface area contributed by atoms with Crippen molar-refractivity contribution in [3.05, 3.63) is 23.3 Å². The van der Waals surface area contributed by atoms with Gasteiger partial charge in [-0.2, -0.15) is 0 Å². The molecule has 9 heteroatoms. The molecule has 1 heterocycles. The van der Waals surface area contributed by atoms with E-state index in [1.165, 1.54) is 11.0 Å². The Kier molecular flexibility index (Phi) is 7.42. The first-order valence-electron chi connectivity index (χ1n) is 12.4. The number of aromatic hydroxyl groups is 2. The topological polar surface area (TPSA) is 133 Å². The Morgan fingerprint density at radius 1 is 1.06 bits per heavy atom. The van der Waals surface area contributed by atoms with Gasteiger partial charge in [-0.05, 0) is 56.1 Å². The third kappa shape index (κ3) is 5.36. The average molecular weight is 472 g/mol. The minimum Gasteiger partial charge on any atom is -0.508 e. The number of amidine groups is 2. The van der Waals surface area contributed by atoms with Crippen LogP contribution in [-0.4, -0.2) is 82.0 Å². The standard InChI is InChI=1S/C25H37N5O4/c1-15(2)19-13-20(22(32)14-21(19)31)23(26)30(24(27)25(33)28-16-3-4-16)18-7-5-17(6-8-18)29-9-11-34-12-10-29/h13-18,26-27,31-32H,3-12H2,1-2H3,(H,28,33). The molecule has 9 nitrogen and oxygen atoms in total. The van der Waals surface area contributed by atoms with E-state index in [0.717, 1.165) is 64.8 Å². The van der Waals surface area contributed by atoms with Crippen LogP contribution in [0.5, 0.6) is 11.5 Å². The summed E-state index contributed by atoms with van der Waals surface area (Å²) in [5.41, 5.74) is 0.836. The Labute approximate surface area is 201 Å². The van der Waals surface area contributed by atoms with Crippen LogP contribution in [0.25, 0.3) is 0 Å². The van der Waals surface area contributed by atoms with Gasteiger partial charge >= 0.3 is 0 Å². The third-order valence-electron chi connectivity index (χ3n) is 7.23. The molecule has 34 heavy (non-hydrogen) atoms. The normalized spacial score (nSPS) is 23.5. The molecule has 1 amide bonds. The van der Waals surface area contributed by atoms with Gasteiger partial charge in [0.2, 0.25) is 0 Å². The molecule has 0 aromatic heterocycles. The summed E-state index contributed by atoms with van der Waals surface area (Å²) in [5.74, 6) is -1.08. The van der Waals surface area contributed by atoms with E-state index in [0.29, 0.717) is 11.6 Å². The molecule has 0 bridgehead atoms. The van der Waals surface area contributed by atoms with Crippen molar-refractivity contribution in [2.45, 2.75) is 76.4 Å². The molecule has 0 atom stereocenters. The monoisotopic (exact) mass is 471 g/mol. The van der Waals surface area contributed by atoms with E-state index in [1.807, 2.05) is 13.8 Å². The van der Waals surface area contributed by atoms with E-state index in [2.05, 4.69) is 10.2 Å². The smallest absolute Gasteiger partial charge is 0.286 e. The second kappa shape index (κ2) is 10.3. The maximum atomic E-state index is 12.8. The van der Waals surface area contributed by atoms with Crippen molar-refractivity contribution in [2.24, 2.45) is 0 Å². The van der Waals surface area contributed by atoms with E-state index in [9.17, 15) is 15.0 Å². The van der Waals surface area contributed by atoms with E-state index < -0.39 is 5.91 Å². The largest absolute Gasteiger partial charge is 0.508 e. The number of amides is 1.